The number of thioether (sulfide) groups is 1. The number of hydrogen-bond acceptors (Lipinski definition) is 7. The van der Waals surface area contributed by atoms with Crippen LogP contribution in [0.3, 0.4) is 0 Å². The maximum Gasteiger partial charge on any atom is 0.343 e. The average molecular weight is 310 g/mol. The first-order valence-electron chi connectivity index (χ1n) is 6.69. The second-order valence-electron chi connectivity index (χ2n) is 4.75. The van der Waals surface area contributed by atoms with E-state index in [1.165, 1.54) is 18.0 Å². The summed E-state index contributed by atoms with van der Waals surface area (Å²) < 4.78 is 4.99. The van der Waals surface area contributed by atoms with E-state index in [0.29, 0.717) is 29.4 Å². The summed E-state index contributed by atoms with van der Waals surface area (Å²) >= 11 is 1.39. The Morgan fingerprint density at radius 1 is 1.52 bits per heavy atom. The summed E-state index contributed by atoms with van der Waals surface area (Å²) in [6, 6.07) is 0.0836. The number of ether oxygens (including phenoxy) is 1. The lowest BCUT2D eigenvalue weighted by Crippen LogP contribution is -2.42. The normalized spacial score (nSPS) is 20.5. The molecule has 1 aromatic heterocycles. The molecular weight excluding hydrogens is 292 g/mol. The monoisotopic (exact) mass is 310 g/mol. The van der Waals surface area contributed by atoms with Crippen LogP contribution in [0.15, 0.2) is 11.4 Å². The van der Waals surface area contributed by atoms with Crippen LogP contribution in [0.2, 0.25) is 0 Å². The quantitative estimate of drug-likeness (QED) is 0.459. The largest absolute Gasteiger partial charge is 0.462 e. The summed E-state index contributed by atoms with van der Waals surface area (Å²) in [5.74, 6) is -0.402. The zero-order chi connectivity index (χ0) is 15.4. The highest BCUT2D eigenvalue weighted by molar-refractivity contribution is 7.98. The standard InChI is InChI=1S/C13H18N4O3S/c1-3-20-12(19)9-6-15-13(21-2)17-11(9)16-8-4-7(5-8)10(14)18/h6-8H,3-5H2,1-2H3,(H2,14,18)(H,15,16,17). The number of carbonyl (C=O) groups excluding carboxylic acids is 2. The smallest absolute Gasteiger partial charge is 0.343 e. The number of esters is 1. The number of aromatic nitrogens is 2. The number of nitrogens with zero attached hydrogens (tertiary/aromatic N) is 2. The van der Waals surface area contributed by atoms with Crippen molar-refractivity contribution < 1.29 is 14.3 Å². The van der Waals surface area contributed by atoms with Gasteiger partial charge in [-0.2, -0.15) is 0 Å². The molecule has 1 fully saturated rings. The number of carbonyl (C=O) groups is 2. The topological polar surface area (TPSA) is 107 Å². The first-order chi connectivity index (χ1) is 10.0. The van der Waals surface area contributed by atoms with Crippen LogP contribution in [0.25, 0.3) is 0 Å². The van der Waals surface area contributed by atoms with Crippen molar-refractivity contribution in [2.24, 2.45) is 11.7 Å². The Hall–Kier alpha value is -1.83. The average Bonchev–Trinajstić information content (AvgIpc) is 2.41. The van der Waals surface area contributed by atoms with Crippen LogP contribution in [0.1, 0.15) is 30.1 Å². The summed E-state index contributed by atoms with van der Waals surface area (Å²) in [5.41, 5.74) is 5.55. The summed E-state index contributed by atoms with van der Waals surface area (Å²) in [5, 5.41) is 3.74. The van der Waals surface area contributed by atoms with Gasteiger partial charge >= 0.3 is 5.97 Å². The van der Waals surface area contributed by atoms with Gasteiger partial charge in [0, 0.05) is 18.2 Å². The molecule has 1 heterocycles. The van der Waals surface area contributed by atoms with E-state index >= 15 is 0 Å². The minimum absolute atomic E-state index is 0.0836. The lowest BCUT2D eigenvalue weighted by atomic mass is 9.80. The second kappa shape index (κ2) is 6.75. The summed E-state index contributed by atoms with van der Waals surface area (Å²) in [6.45, 7) is 2.03. The van der Waals surface area contributed by atoms with E-state index < -0.39 is 5.97 Å². The van der Waals surface area contributed by atoms with Crippen LogP contribution in [0.5, 0.6) is 0 Å². The third-order valence-corrected chi connectivity index (χ3v) is 3.89. The molecule has 1 aromatic rings. The molecule has 0 radical (unpaired) electrons. The fourth-order valence-corrected chi connectivity index (χ4v) is 2.43. The van der Waals surface area contributed by atoms with Gasteiger partial charge in [-0.25, -0.2) is 14.8 Å². The molecule has 1 aliphatic rings. The van der Waals surface area contributed by atoms with Crippen molar-refractivity contribution >= 4 is 29.5 Å². The molecule has 2 rings (SSSR count). The summed E-state index contributed by atoms with van der Waals surface area (Å²) in [6.07, 6.45) is 4.62. The van der Waals surface area contributed by atoms with Crippen LogP contribution < -0.4 is 11.1 Å². The highest BCUT2D eigenvalue weighted by atomic mass is 32.2. The first-order valence-corrected chi connectivity index (χ1v) is 7.91. The van der Waals surface area contributed by atoms with E-state index in [4.69, 9.17) is 10.5 Å². The number of anilines is 1. The predicted molar refractivity (Wildman–Crippen MR) is 79.1 cm³/mol. The lowest BCUT2D eigenvalue weighted by Gasteiger charge is -2.34. The van der Waals surface area contributed by atoms with Crippen molar-refractivity contribution in [2.75, 3.05) is 18.2 Å². The van der Waals surface area contributed by atoms with Gasteiger partial charge in [0.25, 0.3) is 0 Å². The molecule has 0 unspecified atom stereocenters. The van der Waals surface area contributed by atoms with E-state index in [2.05, 4.69) is 15.3 Å². The number of hydrogen-bond donors (Lipinski definition) is 2. The van der Waals surface area contributed by atoms with Crippen molar-refractivity contribution in [3.8, 4) is 0 Å². The molecule has 1 saturated carbocycles. The molecule has 0 aliphatic heterocycles. The van der Waals surface area contributed by atoms with Crippen LogP contribution >= 0.6 is 11.8 Å². The molecule has 21 heavy (non-hydrogen) atoms. The third kappa shape index (κ3) is 3.63. The lowest BCUT2D eigenvalue weighted by molar-refractivity contribution is -0.124. The molecule has 0 bridgehead atoms. The maximum atomic E-state index is 11.9. The Morgan fingerprint density at radius 3 is 2.81 bits per heavy atom. The molecule has 114 valence electrons. The predicted octanol–water partition coefficient (Wildman–Crippen LogP) is 1.05. The van der Waals surface area contributed by atoms with E-state index in [9.17, 15) is 9.59 Å². The summed E-state index contributed by atoms with van der Waals surface area (Å²) in [7, 11) is 0. The fraction of sp³-hybridized carbons (Fsp3) is 0.538. The molecular formula is C13H18N4O3S. The van der Waals surface area contributed by atoms with E-state index in [1.807, 2.05) is 6.26 Å². The minimum atomic E-state index is -0.460. The van der Waals surface area contributed by atoms with Gasteiger partial charge in [0.2, 0.25) is 5.91 Å². The SMILES string of the molecule is CCOC(=O)c1cnc(SC)nc1NC1CC(C(N)=O)C1. The summed E-state index contributed by atoms with van der Waals surface area (Å²) in [4.78, 5) is 31.3. The zero-order valence-corrected chi connectivity index (χ0v) is 12.8. The van der Waals surface area contributed by atoms with E-state index in [-0.39, 0.29) is 24.5 Å². The second-order valence-corrected chi connectivity index (χ2v) is 5.52. The first kappa shape index (κ1) is 15.6. The highest BCUT2D eigenvalue weighted by Gasteiger charge is 2.34. The molecule has 8 heteroatoms. The molecule has 0 atom stereocenters. The van der Waals surface area contributed by atoms with E-state index in [1.54, 1.807) is 6.92 Å². The Morgan fingerprint density at radius 2 is 2.24 bits per heavy atom. The van der Waals surface area contributed by atoms with Gasteiger partial charge in [-0.15, -0.1) is 0 Å². The molecule has 0 saturated heterocycles. The van der Waals surface area contributed by atoms with Crippen LogP contribution in [0.4, 0.5) is 5.82 Å². The third-order valence-electron chi connectivity index (χ3n) is 3.33. The van der Waals surface area contributed by atoms with Gasteiger partial charge in [-0.05, 0) is 26.0 Å². The van der Waals surface area contributed by atoms with Gasteiger partial charge in [-0.1, -0.05) is 11.8 Å². The molecule has 1 aliphatic carbocycles. The van der Waals surface area contributed by atoms with Gasteiger partial charge in [0.1, 0.15) is 11.4 Å². The molecule has 7 nitrogen and oxygen atoms in total. The molecule has 0 spiro atoms. The minimum Gasteiger partial charge on any atom is -0.462 e. The van der Waals surface area contributed by atoms with Crippen molar-refractivity contribution in [1.82, 2.24) is 9.97 Å². The van der Waals surface area contributed by atoms with Gasteiger partial charge in [-0.3, -0.25) is 4.79 Å². The van der Waals surface area contributed by atoms with Crippen molar-refractivity contribution in [3.63, 3.8) is 0 Å². The van der Waals surface area contributed by atoms with Crippen LogP contribution in [-0.4, -0.2) is 40.7 Å². The Bertz CT molecular complexity index is 546. The molecule has 3 N–H and O–H groups in total. The zero-order valence-electron chi connectivity index (χ0n) is 12.0. The van der Waals surface area contributed by atoms with Gasteiger partial charge < -0.3 is 15.8 Å². The highest BCUT2D eigenvalue weighted by Crippen LogP contribution is 2.30. The molecule has 1 amide bonds. The maximum absolute atomic E-state index is 11.9. The van der Waals surface area contributed by atoms with E-state index in [0.717, 1.165) is 0 Å². The number of amides is 1. The molecule has 0 aromatic carbocycles. The Kier molecular flexibility index (Phi) is 5.00. The van der Waals surface area contributed by atoms with Crippen LogP contribution in [-0.2, 0) is 9.53 Å². The van der Waals surface area contributed by atoms with Gasteiger partial charge in [0.05, 0.1) is 6.61 Å². The van der Waals surface area contributed by atoms with Gasteiger partial charge in [0.15, 0.2) is 5.16 Å². The Balaban J connectivity index is 2.12. The fourth-order valence-electron chi connectivity index (χ4n) is 2.09. The number of nitrogens with two attached hydrogens (primary N) is 1. The number of rotatable bonds is 6. The Labute approximate surface area is 127 Å². The number of primary amides is 1. The number of nitrogens with one attached hydrogen (secondary N) is 1. The van der Waals surface area contributed by atoms with Crippen molar-refractivity contribution in [2.45, 2.75) is 31.0 Å². The van der Waals surface area contributed by atoms with Crippen LogP contribution in [0, 0.1) is 5.92 Å². The van der Waals surface area contributed by atoms with Crippen molar-refractivity contribution in [1.29, 1.82) is 0 Å². The van der Waals surface area contributed by atoms with Crippen molar-refractivity contribution in [3.05, 3.63) is 11.8 Å².